The minimum absolute atomic E-state index is 0.114. The van der Waals surface area contributed by atoms with Gasteiger partial charge >= 0.3 is 5.82 Å². The van der Waals surface area contributed by atoms with Gasteiger partial charge in [-0.1, -0.05) is 24.3 Å². The van der Waals surface area contributed by atoms with Crippen LogP contribution in [-0.2, 0) is 24.4 Å². The number of aliphatic hydroxyl groups is 1. The third-order valence-corrected chi connectivity index (χ3v) is 5.21. The molecule has 0 bridgehead atoms. The van der Waals surface area contributed by atoms with E-state index in [1.165, 1.54) is 11.8 Å². The molecule has 1 aromatic heterocycles. The Morgan fingerprint density at radius 1 is 1.28 bits per heavy atom. The van der Waals surface area contributed by atoms with Gasteiger partial charge in [0.2, 0.25) is 11.7 Å². The fourth-order valence-electron chi connectivity index (χ4n) is 3.42. The third-order valence-electron chi connectivity index (χ3n) is 5.21. The molecule has 9 heteroatoms. The summed E-state index contributed by atoms with van der Waals surface area (Å²) < 4.78 is 1.62. The molecule has 9 nitrogen and oxygen atoms in total. The SMILES string of the molecule is Cc1nc([N+](=O)[O-])cn1CCC(=O)NCc1ccc(CN2CCC(O)CC2)cc1. The van der Waals surface area contributed by atoms with Gasteiger partial charge in [0.25, 0.3) is 0 Å². The summed E-state index contributed by atoms with van der Waals surface area (Å²) in [5.74, 6) is 0.198. The maximum Gasteiger partial charge on any atom is 0.381 e. The number of piperidine rings is 1. The molecule has 3 rings (SSSR count). The van der Waals surface area contributed by atoms with E-state index >= 15 is 0 Å². The van der Waals surface area contributed by atoms with Crippen LogP contribution in [0.3, 0.4) is 0 Å². The van der Waals surface area contributed by atoms with Crippen LogP contribution in [0, 0.1) is 17.0 Å². The lowest BCUT2D eigenvalue weighted by atomic mass is 10.1. The zero-order valence-electron chi connectivity index (χ0n) is 16.6. The highest BCUT2D eigenvalue weighted by atomic mass is 16.6. The number of carbonyl (C=O) groups is 1. The van der Waals surface area contributed by atoms with Gasteiger partial charge in [-0.15, -0.1) is 0 Å². The van der Waals surface area contributed by atoms with Crippen LogP contribution < -0.4 is 5.32 Å². The topological polar surface area (TPSA) is 114 Å². The molecule has 0 atom stereocenters. The first kappa shape index (κ1) is 20.9. The Hall–Kier alpha value is -2.78. The second-order valence-electron chi connectivity index (χ2n) is 7.45. The van der Waals surface area contributed by atoms with Gasteiger partial charge in [0.15, 0.2) is 0 Å². The van der Waals surface area contributed by atoms with Crippen molar-refractivity contribution in [1.82, 2.24) is 19.8 Å². The highest BCUT2D eigenvalue weighted by Gasteiger charge is 2.17. The molecule has 1 saturated heterocycles. The second kappa shape index (κ2) is 9.62. The first-order chi connectivity index (χ1) is 13.9. The number of rotatable bonds is 8. The van der Waals surface area contributed by atoms with E-state index in [1.54, 1.807) is 11.5 Å². The molecule has 0 saturated carbocycles. The number of imidazole rings is 1. The largest absolute Gasteiger partial charge is 0.393 e. The molecule has 2 N–H and O–H groups in total. The van der Waals surface area contributed by atoms with Gasteiger partial charge in [-0.05, 0) is 33.9 Å². The number of nitrogens with zero attached hydrogens (tertiary/aromatic N) is 4. The number of nitrogens with one attached hydrogen (secondary N) is 1. The number of aromatic nitrogens is 2. The monoisotopic (exact) mass is 401 g/mol. The molecule has 2 heterocycles. The van der Waals surface area contributed by atoms with Gasteiger partial charge in [-0.3, -0.25) is 9.69 Å². The number of hydrogen-bond donors (Lipinski definition) is 2. The second-order valence-corrected chi connectivity index (χ2v) is 7.45. The minimum atomic E-state index is -0.540. The third kappa shape index (κ3) is 6.10. The Morgan fingerprint density at radius 3 is 2.55 bits per heavy atom. The highest BCUT2D eigenvalue weighted by Crippen LogP contribution is 2.14. The molecule has 0 spiro atoms. The van der Waals surface area contributed by atoms with Crippen molar-refractivity contribution in [2.75, 3.05) is 13.1 Å². The lowest BCUT2D eigenvalue weighted by Crippen LogP contribution is -2.35. The van der Waals surface area contributed by atoms with Crippen LogP contribution >= 0.6 is 0 Å². The lowest BCUT2D eigenvalue weighted by Gasteiger charge is -2.29. The van der Waals surface area contributed by atoms with Crippen LogP contribution in [-0.4, -0.2) is 49.6 Å². The minimum Gasteiger partial charge on any atom is -0.393 e. The summed E-state index contributed by atoms with van der Waals surface area (Å²) in [7, 11) is 0. The molecule has 1 aliphatic rings. The lowest BCUT2D eigenvalue weighted by molar-refractivity contribution is -0.389. The number of benzene rings is 1. The van der Waals surface area contributed by atoms with Gasteiger partial charge in [0, 0.05) is 46.1 Å². The highest BCUT2D eigenvalue weighted by molar-refractivity contribution is 5.75. The Morgan fingerprint density at radius 2 is 1.93 bits per heavy atom. The quantitative estimate of drug-likeness (QED) is 0.515. The molecule has 156 valence electrons. The smallest absolute Gasteiger partial charge is 0.381 e. The van der Waals surface area contributed by atoms with Crippen LogP contribution in [0.5, 0.6) is 0 Å². The Kier molecular flexibility index (Phi) is 6.95. The molecule has 1 fully saturated rings. The average molecular weight is 401 g/mol. The zero-order valence-corrected chi connectivity index (χ0v) is 16.6. The fourth-order valence-corrected chi connectivity index (χ4v) is 3.42. The number of amides is 1. The van der Waals surface area contributed by atoms with Crippen molar-refractivity contribution in [3.8, 4) is 0 Å². The van der Waals surface area contributed by atoms with Crippen molar-refractivity contribution in [3.63, 3.8) is 0 Å². The van der Waals surface area contributed by atoms with Crippen LogP contribution in [0.2, 0.25) is 0 Å². The zero-order chi connectivity index (χ0) is 20.8. The number of likely N-dealkylation sites (tertiary alicyclic amines) is 1. The van der Waals surface area contributed by atoms with Gasteiger partial charge in [-0.2, -0.15) is 0 Å². The molecule has 1 amide bonds. The predicted octanol–water partition coefficient (Wildman–Crippen LogP) is 1.76. The van der Waals surface area contributed by atoms with E-state index in [1.807, 2.05) is 12.1 Å². The first-order valence-corrected chi connectivity index (χ1v) is 9.84. The van der Waals surface area contributed by atoms with Crippen molar-refractivity contribution in [1.29, 1.82) is 0 Å². The molecule has 1 aliphatic heterocycles. The van der Waals surface area contributed by atoms with E-state index in [9.17, 15) is 20.0 Å². The predicted molar refractivity (Wildman–Crippen MR) is 107 cm³/mol. The van der Waals surface area contributed by atoms with Crippen molar-refractivity contribution in [2.45, 2.75) is 51.9 Å². The van der Waals surface area contributed by atoms with Gasteiger partial charge in [0.05, 0.1) is 6.10 Å². The Balaban J connectivity index is 1.41. The van der Waals surface area contributed by atoms with Crippen molar-refractivity contribution in [2.24, 2.45) is 0 Å². The maximum atomic E-state index is 12.1. The molecular formula is C20H27N5O4. The number of carbonyl (C=O) groups excluding carboxylic acids is 1. The molecule has 1 aromatic carbocycles. The molecule has 0 unspecified atom stereocenters. The van der Waals surface area contributed by atoms with Gasteiger partial charge in [0.1, 0.15) is 6.20 Å². The number of aryl methyl sites for hydroxylation is 2. The number of aliphatic hydroxyl groups excluding tert-OH is 1. The molecule has 0 radical (unpaired) electrons. The molecule has 29 heavy (non-hydrogen) atoms. The van der Waals surface area contributed by atoms with E-state index in [0.717, 1.165) is 38.0 Å². The van der Waals surface area contributed by atoms with Crippen molar-refractivity contribution >= 4 is 11.7 Å². The standard InChI is InChI=1S/C20H27N5O4/c1-15-22-19(25(28)29)14-24(15)11-8-20(27)21-12-16-2-4-17(5-3-16)13-23-9-6-18(26)7-10-23/h2-5,14,18,26H,6-13H2,1H3,(H,21,27). The van der Waals surface area contributed by atoms with Crippen LogP contribution in [0.25, 0.3) is 0 Å². The number of nitro groups is 1. The fraction of sp³-hybridized carbons (Fsp3) is 0.500. The van der Waals surface area contributed by atoms with Crippen molar-refractivity contribution < 1.29 is 14.8 Å². The van der Waals surface area contributed by atoms with Gasteiger partial charge in [-0.25, -0.2) is 0 Å². The average Bonchev–Trinajstić information content (AvgIpc) is 3.08. The molecule has 0 aliphatic carbocycles. The molecular weight excluding hydrogens is 374 g/mol. The summed E-state index contributed by atoms with van der Waals surface area (Å²) >= 11 is 0. The summed E-state index contributed by atoms with van der Waals surface area (Å²) in [5.41, 5.74) is 2.24. The van der Waals surface area contributed by atoms with Crippen LogP contribution in [0.1, 0.15) is 36.2 Å². The van der Waals surface area contributed by atoms with Gasteiger partial charge < -0.3 is 25.1 Å². The Labute approximate surface area is 169 Å². The number of hydrogen-bond acceptors (Lipinski definition) is 6. The van der Waals surface area contributed by atoms with E-state index < -0.39 is 4.92 Å². The Bertz CT molecular complexity index is 841. The summed E-state index contributed by atoms with van der Waals surface area (Å²) in [4.78, 5) is 28.5. The normalized spacial score (nSPS) is 15.4. The summed E-state index contributed by atoms with van der Waals surface area (Å²) in [6.45, 7) is 5.17. The first-order valence-electron chi connectivity index (χ1n) is 9.84. The van der Waals surface area contributed by atoms with Crippen LogP contribution in [0.4, 0.5) is 5.82 Å². The summed E-state index contributed by atoms with van der Waals surface area (Å²) in [5, 5.41) is 23.2. The molecule has 2 aromatic rings. The summed E-state index contributed by atoms with van der Waals surface area (Å²) in [6.07, 6.45) is 3.08. The van der Waals surface area contributed by atoms with E-state index in [-0.39, 0.29) is 24.2 Å². The van der Waals surface area contributed by atoms with Crippen LogP contribution in [0.15, 0.2) is 30.5 Å². The van der Waals surface area contributed by atoms with E-state index in [2.05, 4.69) is 27.3 Å². The van der Waals surface area contributed by atoms with E-state index in [0.29, 0.717) is 18.9 Å². The van der Waals surface area contributed by atoms with E-state index in [4.69, 9.17) is 0 Å². The summed E-state index contributed by atoms with van der Waals surface area (Å²) in [6, 6.07) is 8.16. The van der Waals surface area contributed by atoms with Crippen molar-refractivity contribution in [3.05, 3.63) is 57.5 Å². The maximum absolute atomic E-state index is 12.1.